The highest BCUT2D eigenvalue weighted by atomic mass is 16.4. The molecule has 0 heterocycles. The van der Waals surface area contributed by atoms with E-state index in [9.17, 15) is 24.0 Å². The van der Waals surface area contributed by atoms with Gasteiger partial charge >= 0.3 is 11.9 Å². The first-order valence-corrected chi connectivity index (χ1v) is 6.90. The van der Waals surface area contributed by atoms with Gasteiger partial charge in [0.25, 0.3) is 0 Å². The predicted octanol–water partition coefficient (Wildman–Crippen LogP) is -2.16. The third-order valence-corrected chi connectivity index (χ3v) is 2.78. The van der Waals surface area contributed by atoms with Crippen LogP contribution in [0, 0.1) is 0 Å². The topological polar surface area (TPSA) is 167 Å². The summed E-state index contributed by atoms with van der Waals surface area (Å²) >= 11 is 0. The zero-order valence-electron chi connectivity index (χ0n) is 12.6. The fraction of sp³-hybridized carbons (Fsp3) is 0.615. The molecule has 0 radical (unpaired) electrons. The maximum Gasteiger partial charge on any atom is 0.317 e. The van der Waals surface area contributed by atoms with Crippen molar-refractivity contribution in [3.63, 3.8) is 0 Å². The number of hydrogen-bond acceptors (Lipinski definition) is 7. The molecule has 0 aromatic rings. The molecule has 0 rings (SSSR count). The number of hydrogen-bond donors (Lipinski definition) is 4. The molecule has 5 N–H and O–H groups in total. The monoisotopic (exact) mass is 331 g/mol. The van der Waals surface area contributed by atoms with Crippen LogP contribution in [0.15, 0.2) is 0 Å². The van der Waals surface area contributed by atoms with E-state index in [2.05, 4.69) is 5.32 Å². The first kappa shape index (κ1) is 20.7. The van der Waals surface area contributed by atoms with Gasteiger partial charge in [0.15, 0.2) is 0 Å². The molecule has 0 aromatic heterocycles. The molecular weight excluding hydrogens is 310 g/mol. The van der Waals surface area contributed by atoms with Crippen LogP contribution in [0.3, 0.4) is 0 Å². The highest BCUT2D eigenvalue weighted by Gasteiger charge is 2.17. The van der Waals surface area contributed by atoms with Gasteiger partial charge in [0.05, 0.1) is 25.7 Å². The summed E-state index contributed by atoms with van der Waals surface area (Å²) in [6, 6.07) is -0.801. The number of carboxylic acids is 2. The Bertz CT molecular complexity index is 437. The fourth-order valence-electron chi connectivity index (χ4n) is 1.72. The normalized spacial score (nSPS) is 11.7. The van der Waals surface area contributed by atoms with Crippen LogP contribution in [-0.4, -0.2) is 77.2 Å². The lowest BCUT2D eigenvalue weighted by atomic mass is 10.1. The fourth-order valence-corrected chi connectivity index (χ4v) is 1.72. The minimum Gasteiger partial charge on any atom is -0.480 e. The molecule has 0 saturated heterocycles. The predicted molar refractivity (Wildman–Crippen MR) is 77.6 cm³/mol. The van der Waals surface area contributed by atoms with E-state index in [-0.39, 0.29) is 31.6 Å². The molecule has 10 heteroatoms. The van der Waals surface area contributed by atoms with E-state index in [0.29, 0.717) is 6.29 Å². The van der Waals surface area contributed by atoms with Crippen molar-refractivity contribution in [1.29, 1.82) is 0 Å². The lowest BCUT2D eigenvalue weighted by Gasteiger charge is -2.17. The number of rotatable bonds is 13. The highest BCUT2D eigenvalue weighted by Crippen LogP contribution is 1.96. The SMILES string of the molecule is N[C@@H](CCNC(=O)CN(CC(=O)O)CC(=O)O)C(=O)CCC=O. The molecule has 10 nitrogen and oxygen atoms in total. The molecule has 0 unspecified atom stereocenters. The van der Waals surface area contributed by atoms with Gasteiger partial charge in [-0.05, 0) is 6.42 Å². The molecule has 0 aromatic carbocycles. The van der Waals surface area contributed by atoms with Crippen molar-refractivity contribution in [2.45, 2.75) is 25.3 Å². The number of Topliss-reactive ketones (excluding diaryl/α,β-unsaturated/α-hetero) is 1. The van der Waals surface area contributed by atoms with Crippen LogP contribution >= 0.6 is 0 Å². The van der Waals surface area contributed by atoms with Gasteiger partial charge < -0.3 is 26.1 Å². The number of carboxylic acid groups (broad SMARTS) is 2. The Kier molecular flexibility index (Phi) is 10.1. The Morgan fingerprint density at radius 1 is 1.09 bits per heavy atom. The van der Waals surface area contributed by atoms with Gasteiger partial charge in [0.1, 0.15) is 12.1 Å². The van der Waals surface area contributed by atoms with Crippen LogP contribution in [0.25, 0.3) is 0 Å². The molecule has 0 saturated carbocycles. The zero-order chi connectivity index (χ0) is 17.8. The van der Waals surface area contributed by atoms with E-state index in [1.807, 2.05) is 0 Å². The van der Waals surface area contributed by atoms with Crippen LogP contribution in [0.5, 0.6) is 0 Å². The largest absolute Gasteiger partial charge is 0.480 e. The summed E-state index contributed by atoms with van der Waals surface area (Å²) in [5.74, 6) is -3.35. The van der Waals surface area contributed by atoms with Crippen molar-refractivity contribution in [3.8, 4) is 0 Å². The van der Waals surface area contributed by atoms with Crippen molar-refractivity contribution in [1.82, 2.24) is 10.2 Å². The Labute approximate surface area is 132 Å². The van der Waals surface area contributed by atoms with Crippen LogP contribution in [0.2, 0.25) is 0 Å². The summed E-state index contributed by atoms with van der Waals surface area (Å²) in [5, 5.41) is 19.7. The van der Waals surface area contributed by atoms with E-state index in [1.54, 1.807) is 0 Å². The van der Waals surface area contributed by atoms with Crippen molar-refractivity contribution in [3.05, 3.63) is 0 Å². The molecule has 23 heavy (non-hydrogen) atoms. The van der Waals surface area contributed by atoms with Crippen LogP contribution in [0.1, 0.15) is 19.3 Å². The lowest BCUT2D eigenvalue weighted by molar-refractivity contribution is -0.142. The summed E-state index contributed by atoms with van der Waals surface area (Å²) in [5.41, 5.74) is 5.59. The van der Waals surface area contributed by atoms with Gasteiger partial charge in [-0.2, -0.15) is 0 Å². The van der Waals surface area contributed by atoms with Crippen molar-refractivity contribution in [2.75, 3.05) is 26.2 Å². The minimum atomic E-state index is -1.25. The maximum absolute atomic E-state index is 11.6. The number of amides is 1. The summed E-state index contributed by atoms with van der Waals surface area (Å²) in [6.45, 7) is -1.47. The van der Waals surface area contributed by atoms with E-state index in [0.717, 1.165) is 4.90 Å². The third-order valence-electron chi connectivity index (χ3n) is 2.78. The standard InChI is InChI=1S/C13H21N3O7/c14-9(10(18)2-1-5-17)3-4-15-11(19)6-16(7-12(20)21)8-13(22)23/h5,9H,1-4,6-8,14H2,(H,15,19)(H,20,21)(H,22,23)/t9-/m0/s1. The van der Waals surface area contributed by atoms with Crippen LogP contribution < -0.4 is 11.1 Å². The van der Waals surface area contributed by atoms with E-state index in [1.165, 1.54) is 0 Å². The van der Waals surface area contributed by atoms with E-state index in [4.69, 9.17) is 15.9 Å². The average molecular weight is 331 g/mol. The van der Waals surface area contributed by atoms with Crippen LogP contribution in [0.4, 0.5) is 0 Å². The van der Waals surface area contributed by atoms with Gasteiger partial charge in [0, 0.05) is 19.4 Å². The second kappa shape index (κ2) is 11.3. The van der Waals surface area contributed by atoms with Gasteiger partial charge in [-0.3, -0.25) is 24.1 Å². The molecule has 1 amide bonds. The number of nitrogens with zero attached hydrogens (tertiary/aromatic N) is 1. The second-order valence-corrected chi connectivity index (χ2v) is 4.85. The van der Waals surface area contributed by atoms with Crippen molar-refractivity contribution < 1.29 is 34.2 Å². The molecule has 0 aliphatic carbocycles. The first-order valence-electron chi connectivity index (χ1n) is 6.90. The van der Waals surface area contributed by atoms with Gasteiger partial charge in [-0.15, -0.1) is 0 Å². The quantitative estimate of drug-likeness (QED) is 0.275. The number of nitrogens with two attached hydrogens (primary N) is 1. The Hall–Kier alpha value is -2.33. The Morgan fingerprint density at radius 3 is 2.13 bits per heavy atom. The minimum absolute atomic E-state index is 0.0453. The number of aliphatic carboxylic acids is 2. The maximum atomic E-state index is 11.6. The Balaban J connectivity index is 4.16. The van der Waals surface area contributed by atoms with Gasteiger partial charge in [0.2, 0.25) is 5.91 Å². The van der Waals surface area contributed by atoms with Crippen molar-refractivity contribution in [2.24, 2.45) is 5.73 Å². The van der Waals surface area contributed by atoms with Crippen molar-refractivity contribution >= 4 is 29.9 Å². The molecule has 0 bridgehead atoms. The molecule has 1 atom stereocenters. The van der Waals surface area contributed by atoms with E-state index >= 15 is 0 Å². The smallest absolute Gasteiger partial charge is 0.317 e. The molecule has 0 aliphatic heterocycles. The zero-order valence-corrected chi connectivity index (χ0v) is 12.6. The molecule has 0 fully saturated rings. The lowest BCUT2D eigenvalue weighted by Crippen LogP contribution is -2.43. The van der Waals surface area contributed by atoms with E-state index < -0.39 is 43.5 Å². The average Bonchev–Trinajstić information content (AvgIpc) is 2.42. The van der Waals surface area contributed by atoms with Gasteiger partial charge in [-0.25, -0.2) is 0 Å². The summed E-state index contributed by atoms with van der Waals surface area (Å²) in [7, 11) is 0. The number of carbonyl (C=O) groups excluding carboxylic acids is 3. The summed E-state index contributed by atoms with van der Waals surface area (Å²) < 4.78 is 0. The van der Waals surface area contributed by atoms with Crippen LogP contribution in [-0.2, 0) is 24.0 Å². The number of carbonyl (C=O) groups is 5. The molecule has 0 spiro atoms. The number of nitrogens with one attached hydrogen (secondary N) is 1. The summed E-state index contributed by atoms with van der Waals surface area (Å²) in [4.78, 5) is 55.4. The highest BCUT2D eigenvalue weighted by molar-refractivity contribution is 5.85. The molecular formula is C13H21N3O7. The third kappa shape index (κ3) is 11.0. The van der Waals surface area contributed by atoms with Gasteiger partial charge in [-0.1, -0.05) is 0 Å². The second-order valence-electron chi connectivity index (χ2n) is 4.85. The number of aldehydes is 1. The summed E-state index contributed by atoms with van der Waals surface area (Å²) in [6.07, 6.45) is 0.926. The number of ketones is 1. The molecule has 0 aliphatic rings. The molecule has 130 valence electrons. The Morgan fingerprint density at radius 2 is 1.65 bits per heavy atom. The first-order chi connectivity index (χ1) is 10.8.